The molecule has 168 valence electrons. The van der Waals surface area contributed by atoms with Crippen LogP contribution in [0.25, 0.3) is 10.2 Å². The number of nitrogens with zero attached hydrogens (tertiary/aromatic N) is 3. The number of sulfone groups is 1. The van der Waals surface area contributed by atoms with Crippen molar-refractivity contribution in [1.82, 2.24) is 9.88 Å². The molecule has 0 aliphatic carbocycles. The summed E-state index contributed by atoms with van der Waals surface area (Å²) in [6.45, 7) is 5.26. The summed E-state index contributed by atoms with van der Waals surface area (Å²) < 4.78 is 24.5. The zero-order chi connectivity index (χ0) is 22.1. The fraction of sp³-hybridized carbons (Fsp3) is 0.364. The van der Waals surface area contributed by atoms with Crippen LogP contribution in [0.2, 0.25) is 0 Å². The van der Waals surface area contributed by atoms with Gasteiger partial charge in [-0.1, -0.05) is 35.1 Å². The lowest BCUT2D eigenvalue weighted by molar-refractivity contribution is -0.118. The summed E-state index contributed by atoms with van der Waals surface area (Å²) in [5.41, 5.74) is 3.96. The quantitative estimate of drug-likeness (QED) is 0.512. The number of likely N-dealkylation sites (N-methyl/N-ethyl adjacent to an activating group) is 1. The molecule has 0 aliphatic rings. The highest BCUT2D eigenvalue weighted by Crippen LogP contribution is 2.31. The summed E-state index contributed by atoms with van der Waals surface area (Å²) in [6.07, 6.45) is 1.48. The maximum absolute atomic E-state index is 13.2. The van der Waals surface area contributed by atoms with Crippen molar-refractivity contribution in [3.63, 3.8) is 0 Å². The Balaban J connectivity index is 0.00000341. The third-order valence-corrected chi connectivity index (χ3v) is 7.07. The summed E-state index contributed by atoms with van der Waals surface area (Å²) in [6, 6.07) is 11.0. The van der Waals surface area contributed by atoms with Gasteiger partial charge in [0.05, 0.1) is 21.5 Å². The van der Waals surface area contributed by atoms with Crippen LogP contribution < -0.4 is 4.90 Å². The molecule has 1 heterocycles. The van der Waals surface area contributed by atoms with E-state index in [0.717, 1.165) is 15.8 Å². The van der Waals surface area contributed by atoms with Crippen molar-refractivity contribution in [3.8, 4) is 0 Å². The van der Waals surface area contributed by atoms with Gasteiger partial charge in [0.2, 0.25) is 5.91 Å². The maximum Gasteiger partial charge on any atom is 0.233 e. The number of rotatable bonds is 7. The van der Waals surface area contributed by atoms with E-state index in [4.69, 9.17) is 0 Å². The van der Waals surface area contributed by atoms with Gasteiger partial charge in [-0.15, -0.1) is 12.4 Å². The normalized spacial score (nSPS) is 11.5. The fourth-order valence-corrected chi connectivity index (χ4v) is 4.94. The van der Waals surface area contributed by atoms with E-state index in [2.05, 4.69) is 11.1 Å². The van der Waals surface area contributed by atoms with Crippen LogP contribution in [0.15, 0.2) is 41.3 Å². The molecule has 6 nitrogen and oxygen atoms in total. The molecular formula is C22H28ClN3O3S2. The first-order chi connectivity index (χ1) is 14.0. The molecule has 0 spiro atoms. The lowest BCUT2D eigenvalue weighted by Crippen LogP contribution is -2.37. The lowest BCUT2D eigenvalue weighted by atomic mass is 10.0. The SMILES string of the molecule is Cc1ccc(CC(=O)N(CCN(C)C)c2nc3ccc(S(C)(=O)=O)cc3s2)c(C)c1.Cl. The van der Waals surface area contributed by atoms with Crippen molar-refractivity contribution in [3.05, 3.63) is 53.1 Å². The Labute approximate surface area is 194 Å². The van der Waals surface area contributed by atoms with Gasteiger partial charge in [-0.25, -0.2) is 13.4 Å². The largest absolute Gasteiger partial charge is 0.308 e. The first-order valence-corrected chi connectivity index (χ1v) is 12.4. The van der Waals surface area contributed by atoms with Crippen molar-refractivity contribution in [2.24, 2.45) is 0 Å². The average Bonchev–Trinajstić information content (AvgIpc) is 3.06. The molecule has 0 unspecified atom stereocenters. The second kappa shape index (κ2) is 10.1. The Morgan fingerprint density at radius 3 is 2.39 bits per heavy atom. The number of amides is 1. The Bertz CT molecular complexity index is 1190. The van der Waals surface area contributed by atoms with E-state index in [1.807, 2.05) is 45.0 Å². The van der Waals surface area contributed by atoms with Gasteiger partial charge >= 0.3 is 0 Å². The molecule has 31 heavy (non-hydrogen) atoms. The maximum atomic E-state index is 13.2. The first-order valence-electron chi connectivity index (χ1n) is 9.66. The minimum atomic E-state index is -3.30. The van der Waals surface area contributed by atoms with Crippen LogP contribution in [0.3, 0.4) is 0 Å². The van der Waals surface area contributed by atoms with Gasteiger partial charge in [0.15, 0.2) is 15.0 Å². The number of anilines is 1. The van der Waals surface area contributed by atoms with Crippen LogP contribution in [-0.2, 0) is 21.1 Å². The number of fused-ring (bicyclic) bond motifs is 1. The molecule has 3 aromatic rings. The van der Waals surface area contributed by atoms with Crippen molar-refractivity contribution in [2.45, 2.75) is 25.2 Å². The highest BCUT2D eigenvalue weighted by Gasteiger charge is 2.21. The van der Waals surface area contributed by atoms with E-state index >= 15 is 0 Å². The van der Waals surface area contributed by atoms with E-state index in [0.29, 0.717) is 30.2 Å². The van der Waals surface area contributed by atoms with Crippen LogP contribution in [0.4, 0.5) is 5.13 Å². The van der Waals surface area contributed by atoms with Gasteiger partial charge < -0.3 is 4.90 Å². The number of aryl methyl sites for hydroxylation is 2. The summed E-state index contributed by atoms with van der Waals surface area (Å²) in [5.74, 6) is -0.0220. The third-order valence-electron chi connectivity index (χ3n) is 4.92. The molecule has 0 aliphatic heterocycles. The predicted molar refractivity (Wildman–Crippen MR) is 131 cm³/mol. The van der Waals surface area contributed by atoms with Crippen LogP contribution in [-0.4, -0.2) is 57.6 Å². The molecule has 2 aromatic carbocycles. The summed E-state index contributed by atoms with van der Waals surface area (Å²) in [4.78, 5) is 21.9. The van der Waals surface area contributed by atoms with Gasteiger partial charge in [-0.05, 0) is 57.3 Å². The molecule has 0 bridgehead atoms. The molecule has 0 fully saturated rings. The summed E-state index contributed by atoms with van der Waals surface area (Å²) in [5, 5.41) is 0.590. The number of hydrogen-bond donors (Lipinski definition) is 0. The molecule has 0 saturated carbocycles. The monoisotopic (exact) mass is 481 g/mol. The van der Waals surface area contributed by atoms with Crippen LogP contribution in [0, 0.1) is 13.8 Å². The molecule has 9 heteroatoms. The fourth-order valence-electron chi connectivity index (χ4n) is 3.17. The summed E-state index contributed by atoms with van der Waals surface area (Å²) >= 11 is 1.34. The Morgan fingerprint density at radius 2 is 1.77 bits per heavy atom. The highest BCUT2D eigenvalue weighted by molar-refractivity contribution is 7.90. The van der Waals surface area contributed by atoms with E-state index in [-0.39, 0.29) is 23.2 Å². The van der Waals surface area contributed by atoms with Crippen LogP contribution in [0.1, 0.15) is 16.7 Å². The standard InChI is InChI=1S/C22H27N3O3S2.ClH/c1-15-6-7-17(16(2)12-15)13-21(26)25(11-10-24(3)4)22-23-19-9-8-18(30(5,27)28)14-20(19)29-22;/h6-9,12,14H,10-11,13H2,1-5H3;1H. The Kier molecular flexibility index (Phi) is 8.21. The van der Waals surface area contributed by atoms with Crippen LogP contribution >= 0.6 is 23.7 Å². The van der Waals surface area contributed by atoms with Crippen molar-refractivity contribution in [2.75, 3.05) is 38.3 Å². The van der Waals surface area contributed by atoms with Gasteiger partial charge in [-0.2, -0.15) is 0 Å². The molecule has 0 saturated heterocycles. The van der Waals surface area contributed by atoms with Gasteiger partial charge in [0, 0.05) is 19.3 Å². The summed E-state index contributed by atoms with van der Waals surface area (Å²) in [7, 11) is 0.623. The molecule has 0 N–H and O–H groups in total. The van der Waals surface area contributed by atoms with E-state index in [9.17, 15) is 13.2 Å². The number of hydrogen-bond acceptors (Lipinski definition) is 6. The van der Waals surface area contributed by atoms with Gasteiger partial charge in [-0.3, -0.25) is 9.69 Å². The zero-order valence-electron chi connectivity index (χ0n) is 18.4. The number of carbonyl (C=O) groups is 1. The van der Waals surface area contributed by atoms with Crippen molar-refractivity contribution >= 4 is 54.8 Å². The lowest BCUT2D eigenvalue weighted by Gasteiger charge is -2.22. The number of benzene rings is 2. The number of aromatic nitrogens is 1. The molecule has 3 rings (SSSR count). The molecule has 1 amide bonds. The average molecular weight is 482 g/mol. The van der Waals surface area contributed by atoms with E-state index in [1.54, 1.807) is 23.1 Å². The second-order valence-electron chi connectivity index (χ2n) is 7.85. The zero-order valence-corrected chi connectivity index (χ0v) is 20.8. The van der Waals surface area contributed by atoms with E-state index < -0.39 is 9.84 Å². The highest BCUT2D eigenvalue weighted by atomic mass is 35.5. The van der Waals surface area contributed by atoms with Crippen LogP contribution in [0.5, 0.6) is 0 Å². The Morgan fingerprint density at radius 1 is 1.06 bits per heavy atom. The Hall–Kier alpha value is -2.00. The van der Waals surface area contributed by atoms with Gasteiger partial charge in [0.25, 0.3) is 0 Å². The van der Waals surface area contributed by atoms with Crippen molar-refractivity contribution < 1.29 is 13.2 Å². The third kappa shape index (κ3) is 6.26. The molecule has 0 atom stereocenters. The smallest absolute Gasteiger partial charge is 0.233 e. The van der Waals surface area contributed by atoms with E-state index in [1.165, 1.54) is 23.2 Å². The topological polar surface area (TPSA) is 70.6 Å². The molecule has 1 aromatic heterocycles. The van der Waals surface area contributed by atoms with Crippen molar-refractivity contribution in [1.29, 1.82) is 0 Å². The second-order valence-corrected chi connectivity index (χ2v) is 10.9. The van der Waals surface area contributed by atoms with Gasteiger partial charge in [0.1, 0.15) is 0 Å². The number of halogens is 1. The number of thiazole rings is 1. The first kappa shape index (κ1) is 25.3. The predicted octanol–water partition coefficient (Wildman–Crippen LogP) is 3.88. The minimum absolute atomic E-state index is 0. The minimum Gasteiger partial charge on any atom is -0.308 e. The molecular weight excluding hydrogens is 454 g/mol. The number of carbonyl (C=O) groups excluding carboxylic acids is 1. The molecule has 0 radical (unpaired) electrons.